The number of primary amides is 1. The van der Waals surface area contributed by atoms with Gasteiger partial charge in [0, 0.05) is 17.6 Å². The lowest BCUT2D eigenvalue weighted by Crippen LogP contribution is -2.44. The average molecular weight is 286 g/mol. The van der Waals surface area contributed by atoms with Crippen LogP contribution in [0.15, 0.2) is 28.7 Å². The lowest BCUT2D eigenvalue weighted by molar-refractivity contribution is -0.119. The fourth-order valence-corrected chi connectivity index (χ4v) is 1.66. The molecule has 16 heavy (non-hydrogen) atoms. The van der Waals surface area contributed by atoms with Crippen LogP contribution in [0.3, 0.4) is 0 Å². The van der Waals surface area contributed by atoms with Crippen molar-refractivity contribution in [1.29, 1.82) is 0 Å². The zero-order valence-corrected chi connectivity index (χ0v) is 10.8. The second kappa shape index (κ2) is 5.98. The Hall–Kier alpha value is -0.910. The van der Waals surface area contributed by atoms with Crippen LogP contribution in [-0.2, 0) is 11.3 Å². The molecule has 4 nitrogen and oxygen atoms in total. The minimum Gasteiger partial charge on any atom is -0.368 e. The monoisotopic (exact) mass is 285 g/mol. The largest absolute Gasteiger partial charge is 0.368 e. The molecule has 0 aliphatic heterocycles. The number of amides is 1. The lowest BCUT2D eigenvalue weighted by Gasteiger charge is -2.19. The van der Waals surface area contributed by atoms with Gasteiger partial charge in [-0.1, -0.05) is 28.1 Å². The van der Waals surface area contributed by atoms with Crippen LogP contribution in [0.5, 0.6) is 0 Å². The van der Waals surface area contributed by atoms with Crippen LogP contribution in [0.1, 0.15) is 5.56 Å². The van der Waals surface area contributed by atoms with E-state index in [0.29, 0.717) is 6.54 Å². The fourth-order valence-electron chi connectivity index (χ4n) is 1.39. The van der Waals surface area contributed by atoms with E-state index in [1.807, 2.05) is 36.2 Å². The van der Waals surface area contributed by atoms with E-state index in [4.69, 9.17) is 11.5 Å². The maximum Gasteiger partial charge on any atom is 0.235 e. The zero-order valence-electron chi connectivity index (χ0n) is 9.19. The summed E-state index contributed by atoms with van der Waals surface area (Å²) in [5.41, 5.74) is 11.8. The molecule has 0 heterocycles. The van der Waals surface area contributed by atoms with E-state index in [2.05, 4.69) is 15.9 Å². The molecule has 0 aliphatic rings. The Morgan fingerprint density at radius 2 is 2.00 bits per heavy atom. The van der Waals surface area contributed by atoms with Gasteiger partial charge in [0.25, 0.3) is 0 Å². The summed E-state index contributed by atoms with van der Waals surface area (Å²) in [5, 5.41) is 0. The highest BCUT2D eigenvalue weighted by Gasteiger charge is 2.11. The molecule has 0 saturated heterocycles. The standard InChI is InChI=1S/C11H16BrN3O/c1-15(7-10(13)11(14)16)6-8-2-4-9(12)5-3-8/h2-5,10H,6-7,13H2,1H3,(H2,14,16). The lowest BCUT2D eigenvalue weighted by atomic mass is 10.2. The van der Waals surface area contributed by atoms with Gasteiger partial charge < -0.3 is 16.4 Å². The Balaban J connectivity index is 2.48. The first-order chi connectivity index (χ1) is 7.49. The first kappa shape index (κ1) is 13.2. The Morgan fingerprint density at radius 3 is 2.50 bits per heavy atom. The molecule has 0 saturated carbocycles. The summed E-state index contributed by atoms with van der Waals surface area (Å²) in [6.45, 7) is 1.21. The molecule has 0 spiro atoms. The Kier molecular flexibility index (Phi) is 4.92. The van der Waals surface area contributed by atoms with Gasteiger partial charge in [-0.05, 0) is 24.7 Å². The Morgan fingerprint density at radius 1 is 1.44 bits per heavy atom. The van der Waals surface area contributed by atoms with Gasteiger partial charge in [0.05, 0.1) is 6.04 Å². The van der Waals surface area contributed by atoms with Crippen molar-refractivity contribution in [1.82, 2.24) is 4.90 Å². The molecule has 1 aromatic carbocycles. The number of benzene rings is 1. The van der Waals surface area contributed by atoms with Crippen molar-refractivity contribution in [2.24, 2.45) is 11.5 Å². The van der Waals surface area contributed by atoms with Crippen molar-refractivity contribution in [3.63, 3.8) is 0 Å². The molecule has 0 bridgehead atoms. The first-order valence-electron chi connectivity index (χ1n) is 4.97. The van der Waals surface area contributed by atoms with E-state index in [9.17, 15) is 4.79 Å². The van der Waals surface area contributed by atoms with Crippen molar-refractivity contribution < 1.29 is 4.79 Å². The van der Waals surface area contributed by atoms with Gasteiger partial charge in [0.2, 0.25) is 5.91 Å². The topological polar surface area (TPSA) is 72.3 Å². The molecule has 5 heteroatoms. The highest BCUT2D eigenvalue weighted by molar-refractivity contribution is 9.10. The molecular weight excluding hydrogens is 270 g/mol. The number of hydrogen-bond donors (Lipinski definition) is 2. The summed E-state index contributed by atoms with van der Waals surface area (Å²) in [5.74, 6) is -0.470. The number of nitrogens with zero attached hydrogens (tertiary/aromatic N) is 1. The van der Waals surface area contributed by atoms with Crippen LogP contribution in [-0.4, -0.2) is 30.4 Å². The molecule has 0 aromatic heterocycles. The summed E-state index contributed by atoms with van der Waals surface area (Å²) >= 11 is 3.38. The second-order valence-corrected chi connectivity index (χ2v) is 4.75. The van der Waals surface area contributed by atoms with Crippen LogP contribution in [0.25, 0.3) is 0 Å². The average Bonchev–Trinajstić information content (AvgIpc) is 2.21. The first-order valence-corrected chi connectivity index (χ1v) is 5.76. The van der Waals surface area contributed by atoms with Crippen molar-refractivity contribution in [2.45, 2.75) is 12.6 Å². The minimum absolute atomic E-state index is 0.464. The van der Waals surface area contributed by atoms with Gasteiger partial charge in [-0.25, -0.2) is 0 Å². The summed E-state index contributed by atoms with van der Waals surface area (Å²) in [7, 11) is 1.91. The van der Waals surface area contributed by atoms with E-state index in [1.54, 1.807) is 0 Å². The molecule has 1 amide bonds. The molecule has 1 rings (SSSR count). The highest BCUT2D eigenvalue weighted by Crippen LogP contribution is 2.11. The van der Waals surface area contributed by atoms with Crippen molar-refractivity contribution in [3.05, 3.63) is 34.3 Å². The summed E-state index contributed by atoms with van der Waals surface area (Å²) < 4.78 is 1.05. The second-order valence-electron chi connectivity index (χ2n) is 3.83. The minimum atomic E-state index is -0.611. The van der Waals surface area contributed by atoms with Gasteiger partial charge in [-0.3, -0.25) is 4.79 Å². The molecule has 88 valence electrons. The predicted octanol–water partition coefficient (Wildman–Crippen LogP) is 0.694. The molecule has 1 aromatic rings. The number of likely N-dealkylation sites (N-methyl/N-ethyl adjacent to an activating group) is 1. The Labute approximate surface area is 104 Å². The van der Waals surface area contributed by atoms with Gasteiger partial charge >= 0.3 is 0 Å². The van der Waals surface area contributed by atoms with Gasteiger partial charge in [-0.2, -0.15) is 0 Å². The maximum absolute atomic E-state index is 10.8. The fraction of sp³-hybridized carbons (Fsp3) is 0.364. The molecular formula is C11H16BrN3O. The van der Waals surface area contributed by atoms with E-state index in [0.717, 1.165) is 11.0 Å². The highest BCUT2D eigenvalue weighted by atomic mass is 79.9. The summed E-state index contributed by atoms with van der Waals surface area (Å²) in [6, 6.07) is 7.40. The van der Waals surface area contributed by atoms with E-state index < -0.39 is 11.9 Å². The summed E-state index contributed by atoms with van der Waals surface area (Å²) in [6.07, 6.45) is 0. The van der Waals surface area contributed by atoms with Gasteiger partial charge in [0.15, 0.2) is 0 Å². The third-order valence-electron chi connectivity index (χ3n) is 2.24. The van der Waals surface area contributed by atoms with Crippen LogP contribution >= 0.6 is 15.9 Å². The van der Waals surface area contributed by atoms with Gasteiger partial charge in [-0.15, -0.1) is 0 Å². The number of nitrogens with two attached hydrogens (primary N) is 2. The van der Waals surface area contributed by atoms with E-state index >= 15 is 0 Å². The third kappa shape index (κ3) is 4.30. The number of carbonyl (C=O) groups is 1. The molecule has 1 atom stereocenters. The predicted molar refractivity (Wildman–Crippen MR) is 67.6 cm³/mol. The molecule has 1 unspecified atom stereocenters. The third-order valence-corrected chi connectivity index (χ3v) is 2.77. The van der Waals surface area contributed by atoms with Crippen LogP contribution in [0, 0.1) is 0 Å². The van der Waals surface area contributed by atoms with Crippen molar-refractivity contribution in [2.75, 3.05) is 13.6 Å². The Bertz CT molecular complexity index is 353. The number of halogens is 1. The molecule has 0 radical (unpaired) electrons. The van der Waals surface area contributed by atoms with E-state index in [-0.39, 0.29) is 0 Å². The smallest absolute Gasteiger partial charge is 0.235 e. The van der Waals surface area contributed by atoms with Gasteiger partial charge in [0.1, 0.15) is 0 Å². The number of hydrogen-bond acceptors (Lipinski definition) is 3. The van der Waals surface area contributed by atoms with Crippen molar-refractivity contribution >= 4 is 21.8 Å². The van der Waals surface area contributed by atoms with E-state index in [1.165, 1.54) is 5.56 Å². The number of rotatable bonds is 5. The van der Waals surface area contributed by atoms with Crippen LogP contribution in [0.2, 0.25) is 0 Å². The maximum atomic E-state index is 10.8. The summed E-state index contributed by atoms with van der Waals surface area (Å²) in [4.78, 5) is 12.8. The molecule has 0 fully saturated rings. The van der Waals surface area contributed by atoms with Crippen molar-refractivity contribution in [3.8, 4) is 0 Å². The molecule has 0 aliphatic carbocycles. The van der Waals surface area contributed by atoms with Crippen LogP contribution in [0.4, 0.5) is 0 Å². The zero-order chi connectivity index (χ0) is 12.1. The SMILES string of the molecule is CN(Cc1ccc(Br)cc1)CC(N)C(N)=O. The number of carbonyl (C=O) groups excluding carboxylic acids is 1. The normalized spacial score (nSPS) is 12.8. The van der Waals surface area contributed by atoms with Crippen LogP contribution < -0.4 is 11.5 Å². The molecule has 4 N–H and O–H groups in total. The quantitative estimate of drug-likeness (QED) is 0.836.